The van der Waals surface area contributed by atoms with Gasteiger partial charge in [-0.3, -0.25) is 19.2 Å². The van der Waals surface area contributed by atoms with Crippen molar-refractivity contribution < 1.29 is 33.8 Å². The van der Waals surface area contributed by atoms with E-state index in [4.69, 9.17) is 4.74 Å². The van der Waals surface area contributed by atoms with Crippen LogP contribution in [-0.2, 0) is 43.4 Å². The fourth-order valence-corrected chi connectivity index (χ4v) is 6.29. The molecule has 0 spiro atoms. The number of carbonyl (C=O) groups excluding carboxylic acids is 4. The van der Waals surface area contributed by atoms with Crippen molar-refractivity contribution in [3.8, 4) is 5.75 Å². The third kappa shape index (κ3) is 9.48. The summed E-state index contributed by atoms with van der Waals surface area (Å²) in [5.41, 5.74) is 1.92. The summed E-state index contributed by atoms with van der Waals surface area (Å²) in [6.07, 6.45) is 2.25. The first-order valence-electron chi connectivity index (χ1n) is 17.2. The SMILES string of the molecule is CN[C@@H](C)C(=O)N[C@@H](CC(C)C)C(=O)N1C[C@@H]2C[C@H]1C(=O)N[C@@H](Cc1ccccc1)C(=O)NC(C(=O)O)Cc1ccc(cc1)OCc1cn2nn1. The molecule has 1 aromatic heterocycles. The predicted molar refractivity (Wildman–Crippen MR) is 185 cm³/mol. The second-order valence-corrected chi connectivity index (χ2v) is 13.6. The van der Waals surface area contributed by atoms with Crippen LogP contribution in [-0.4, -0.2) is 98.4 Å². The minimum Gasteiger partial charge on any atom is -0.487 e. The van der Waals surface area contributed by atoms with Crippen LogP contribution in [0, 0.1) is 5.92 Å². The Bertz CT molecular complexity index is 1700. The number of nitrogens with zero attached hydrogens (tertiary/aromatic N) is 4. The second-order valence-electron chi connectivity index (χ2n) is 13.6. The first-order valence-corrected chi connectivity index (χ1v) is 17.2. The topological polar surface area (TPSA) is 197 Å². The van der Waals surface area contributed by atoms with E-state index in [0.717, 1.165) is 5.56 Å². The van der Waals surface area contributed by atoms with Crippen LogP contribution >= 0.6 is 0 Å². The average Bonchev–Trinajstić information content (AvgIpc) is 3.77. The number of carboxylic acids is 1. The summed E-state index contributed by atoms with van der Waals surface area (Å²) >= 11 is 0. The zero-order valence-electron chi connectivity index (χ0n) is 29.2. The number of aliphatic carboxylic acids is 1. The zero-order valence-corrected chi connectivity index (χ0v) is 29.2. The van der Waals surface area contributed by atoms with Crippen LogP contribution < -0.4 is 26.0 Å². The molecule has 3 aliphatic heterocycles. The molecule has 15 heteroatoms. The summed E-state index contributed by atoms with van der Waals surface area (Å²) in [4.78, 5) is 69.2. The summed E-state index contributed by atoms with van der Waals surface area (Å²) in [5.74, 6) is -2.74. The molecule has 15 nitrogen and oxygen atoms in total. The summed E-state index contributed by atoms with van der Waals surface area (Å²) in [6, 6.07) is 10.5. The normalized spacial score (nSPS) is 22.1. The lowest BCUT2D eigenvalue weighted by atomic mass is 10.0. The van der Waals surface area contributed by atoms with E-state index in [-0.39, 0.29) is 44.2 Å². The molecule has 3 aliphatic rings. The van der Waals surface area contributed by atoms with Gasteiger partial charge >= 0.3 is 5.97 Å². The highest BCUT2D eigenvalue weighted by molar-refractivity contribution is 5.96. The molecule has 4 amide bonds. The molecule has 1 unspecified atom stereocenters. The molecule has 6 atom stereocenters. The molecule has 0 radical (unpaired) electrons. The second kappa shape index (κ2) is 16.6. The van der Waals surface area contributed by atoms with Gasteiger partial charge < -0.3 is 36.0 Å². The minimum atomic E-state index is -1.29. The number of carboxylic acid groups (broad SMARTS) is 1. The maximum absolute atomic E-state index is 14.3. The van der Waals surface area contributed by atoms with Crippen molar-refractivity contribution >= 4 is 29.6 Å². The lowest BCUT2D eigenvalue weighted by Crippen LogP contribution is -2.58. The minimum absolute atomic E-state index is 0.0105. The number of benzene rings is 2. The van der Waals surface area contributed by atoms with Gasteiger partial charge in [-0.15, -0.1) is 5.10 Å². The first-order chi connectivity index (χ1) is 24.4. The lowest BCUT2D eigenvalue weighted by Gasteiger charge is -2.31. The summed E-state index contributed by atoms with van der Waals surface area (Å²) in [7, 11) is 1.65. The number of hydrogen-bond acceptors (Lipinski definition) is 9. The van der Waals surface area contributed by atoms with E-state index in [0.29, 0.717) is 23.4 Å². The Hall–Kier alpha value is -5.31. The van der Waals surface area contributed by atoms with E-state index in [9.17, 15) is 29.1 Å². The largest absolute Gasteiger partial charge is 0.487 e. The highest BCUT2D eigenvalue weighted by Gasteiger charge is 2.44. The Morgan fingerprint density at radius 2 is 1.75 bits per heavy atom. The Balaban J connectivity index is 1.51. The molecular formula is C36H46N8O7. The highest BCUT2D eigenvalue weighted by Crippen LogP contribution is 2.29. The zero-order chi connectivity index (χ0) is 36.7. The number of hydrogen-bond donors (Lipinski definition) is 5. The van der Waals surface area contributed by atoms with Crippen molar-refractivity contribution in [1.29, 1.82) is 0 Å². The molecule has 2 aromatic carbocycles. The maximum atomic E-state index is 14.3. The van der Waals surface area contributed by atoms with Gasteiger partial charge in [0.2, 0.25) is 23.6 Å². The average molecular weight is 703 g/mol. The summed E-state index contributed by atoms with van der Waals surface area (Å²) < 4.78 is 7.50. The van der Waals surface area contributed by atoms with Crippen molar-refractivity contribution in [2.24, 2.45) is 5.92 Å². The molecule has 0 saturated carbocycles. The van der Waals surface area contributed by atoms with Crippen molar-refractivity contribution in [3.63, 3.8) is 0 Å². The van der Waals surface area contributed by atoms with Crippen LogP contribution in [0.1, 0.15) is 56.5 Å². The lowest BCUT2D eigenvalue weighted by molar-refractivity contribution is -0.143. The van der Waals surface area contributed by atoms with Gasteiger partial charge in [0.15, 0.2) is 0 Å². The number of ether oxygens (including phenoxy) is 1. The van der Waals surface area contributed by atoms with E-state index in [1.807, 2.05) is 19.9 Å². The number of likely N-dealkylation sites (N-methyl/N-ethyl adjacent to an activating group) is 1. The van der Waals surface area contributed by atoms with Crippen LogP contribution in [0.15, 0.2) is 60.8 Å². The predicted octanol–water partition coefficient (Wildman–Crippen LogP) is 0.991. The molecule has 1 saturated heterocycles. The fourth-order valence-electron chi connectivity index (χ4n) is 6.29. The molecule has 272 valence electrons. The molecular weight excluding hydrogens is 656 g/mol. The van der Waals surface area contributed by atoms with Crippen LogP contribution in [0.25, 0.3) is 0 Å². The molecule has 6 rings (SSSR count). The van der Waals surface area contributed by atoms with E-state index >= 15 is 0 Å². The van der Waals surface area contributed by atoms with Gasteiger partial charge in [-0.1, -0.05) is 61.5 Å². The number of carbonyl (C=O) groups is 5. The molecule has 5 N–H and O–H groups in total. The van der Waals surface area contributed by atoms with Gasteiger partial charge in [-0.25, -0.2) is 9.48 Å². The van der Waals surface area contributed by atoms with Crippen molar-refractivity contribution in [2.45, 2.75) is 89.3 Å². The molecule has 0 aliphatic carbocycles. The van der Waals surface area contributed by atoms with Crippen LogP contribution in [0.3, 0.4) is 0 Å². The number of rotatable bonds is 9. The highest BCUT2D eigenvalue weighted by atomic mass is 16.5. The molecule has 4 heterocycles. The number of aromatic nitrogens is 3. The third-order valence-corrected chi connectivity index (χ3v) is 9.22. The van der Waals surface area contributed by atoms with Gasteiger partial charge in [0.25, 0.3) is 0 Å². The van der Waals surface area contributed by atoms with E-state index in [1.165, 1.54) is 4.90 Å². The molecule has 6 bridgehead atoms. The number of nitrogens with one attached hydrogen (secondary N) is 4. The Labute approximate surface area is 296 Å². The van der Waals surface area contributed by atoms with Gasteiger partial charge in [-0.05, 0) is 49.6 Å². The maximum Gasteiger partial charge on any atom is 0.326 e. The molecule has 51 heavy (non-hydrogen) atoms. The fraction of sp³-hybridized carbons (Fsp3) is 0.472. The number of amides is 4. The van der Waals surface area contributed by atoms with Crippen LogP contribution in [0.2, 0.25) is 0 Å². The Morgan fingerprint density at radius 1 is 1.02 bits per heavy atom. The first kappa shape index (κ1) is 37.0. The number of likely N-dealkylation sites (tertiary alicyclic amines) is 1. The standard InChI is InChI=1S/C36H46N8O7/c1-21(2)14-29(39-32(45)22(3)37-4)35(48)43-19-26-17-31(43)34(47)38-28(15-23-8-6-5-7-9-23)33(46)40-30(36(49)50)16-24-10-12-27(13-11-24)51-20-25-18-44(26)42-41-25/h5-13,18,21-22,26,28-31,37H,14-17,19-20H2,1-4H3,(H,38,47)(H,39,45)(H,40,46)(H,49,50)/t22-,26-,28-,29-,30?,31-/m0/s1. The van der Waals surface area contributed by atoms with Crippen molar-refractivity contribution in [1.82, 2.24) is 41.2 Å². The van der Waals surface area contributed by atoms with Gasteiger partial charge in [-0.2, -0.15) is 0 Å². The quantitative estimate of drug-likeness (QED) is 0.215. The molecule has 1 fully saturated rings. The summed E-state index contributed by atoms with van der Waals surface area (Å²) in [6.45, 7) is 5.75. The van der Waals surface area contributed by atoms with E-state index in [1.54, 1.807) is 73.4 Å². The molecule has 3 aromatic rings. The van der Waals surface area contributed by atoms with Gasteiger partial charge in [0.1, 0.15) is 42.2 Å². The van der Waals surface area contributed by atoms with Gasteiger partial charge in [0.05, 0.1) is 18.3 Å². The van der Waals surface area contributed by atoms with Crippen molar-refractivity contribution in [3.05, 3.63) is 77.6 Å². The Morgan fingerprint density at radius 3 is 2.41 bits per heavy atom. The Kier molecular flexibility index (Phi) is 12.0. The van der Waals surface area contributed by atoms with Gasteiger partial charge in [0, 0.05) is 25.8 Å². The third-order valence-electron chi connectivity index (χ3n) is 9.22. The summed E-state index contributed by atoms with van der Waals surface area (Å²) in [5, 5.41) is 29.8. The van der Waals surface area contributed by atoms with Crippen LogP contribution in [0.4, 0.5) is 0 Å². The van der Waals surface area contributed by atoms with E-state index in [2.05, 4.69) is 31.6 Å². The number of fused-ring (bicyclic) bond motifs is 9. The smallest absolute Gasteiger partial charge is 0.326 e. The monoisotopic (exact) mass is 702 g/mol. The van der Waals surface area contributed by atoms with E-state index < -0.39 is 59.9 Å². The van der Waals surface area contributed by atoms with Crippen LogP contribution in [0.5, 0.6) is 5.75 Å². The van der Waals surface area contributed by atoms with Crippen molar-refractivity contribution in [2.75, 3.05) is 13.6 Å².